The minimum Gasteiger partial charge on any atom is -0.379 e. The van der Waals surface area contributed by atoms with Crippen molar-refractivity contribution in [3.05, 3.63) is 35.9 Å². The summed E-state index contributed by atoms with van der Waals surface area (Å²) >= 11 is 0. The number of hydrogen-bond acceptors (Lipinski definition) is 11. The Balaban J connectivity index is 2.18. The Hall–Kier alpha value is -3.67. The van der Waals surface area contributed by atoms with Gasteiger partial charge in [-0.15, -0.1) is 0 Å². The highest BCUT2D eigenvalue weighted by atomic mass is 16.6. The van der Waals surface area contributed by atoms with Crippen LogP contribution in [0.3, 0.4) is 0 Å². The van der Waals surface area contributed by atoms with Crippen LogP contribution in [0.15, 0.2) is 30.3 Å². The van der Waals surface area contributed by atoms with E-state index in [1.807, 2.05) is 77.0 Å². The van der Waals surface area contributed by atoms with Crippen LogP contribution in [0, 0.1) is 17.8 Å². The number of aliphatic hydroxyl groups is 1. The van der Waals surface area contributed by atoms with Gasteiger partial charge in [0.1, 0.15) is 6.04 Å². The molecule has 0 aliphatic carbocycles. The highest BCUT2D eigenvalue weighted by Gasteiger charge is 2.42. The Morgan fingerprint density at radius 3 is 2.17 bits per heavy atom. The number of hydrogen-bond donors (Lipinski definition) is 5. The first-order valence-electron chi connectivity index (χ1n) is 21.1. The molecule has 16 nitrogen and oxygen atoms in total. The fraction of sp³-hybridized carbons (Fsp3) is 0.744. The molecule has 1 aliphatic rings. The molecule has 0 bridgehead atoms. The van der Waals surface area contributed by atoms with Crippen molar-refractivity contribution in [2.45, 2.75) is 129 Å². The standard InChI is InChI=1S/C43H75N7O9/c1-12-28(4)38(49(9)36(52)26-46-42(55)37(27(2)3)48(7)8)34(57-10)25-35(51)50-22-16-20-33(50)39(58-11)29(5)40(53)47-32(24-31-18-14-13-15-19-31)41(54)45-21-17-23-59-43(56)30(6)44/h13-15,18-19,27-30,32-34,37-39,43,56H,12,16-17,20-26,44H2,1-11H3,(H,45,54)(H,46,55)(H,47,53)/t28-,29+,30-,32?,33-,34+,37-,38-,39+,43?/m0/s1. The zero-order chi connectivity index (χ0) is 44.4. The van der Waals surface area contributed by atoms with Gasteiger partial charge in [-0.3, -0.25) is 28.9 Å². The van der Waals surface area contributed by atoms with Gasteiger partial charge in [-0.1, -0.05) is 71.4 Å². The number of ether oxygens (including phenoxy) is 3. The molecule has 1 aliphatic heterocycles. The molecule has 10 atom stereocenters. The van der Waals surface area contributed by atoms with E-state index in [9.17, 15) is 29.1 Å². The predicted octanol–water partition coefficient (Wildman–Crippen LogP) is 1.53. The first-order chi connectivity index (χ1) is 27.9. The molecule has 336 valence electrons. The van der Waals surface area contributed by atoms with Crippen LogP contribution < -0.4 is 21.7 Å². The third-order valence-corrected chi connectivity index (χ3v) is 11.4. The molecular formula is C43H75N7O9. The summed E-state index contributed by atoms with van der Waals surface area (Å²) in [6.45, 7) is 12.0. The maximum Gasteiger partial charge on any atom is 0.242 e. The van der Waals surface area contributed by atoms with Crippen molar-refractivity contribution in [2.75, 3.05) is 61.6 Å². The summed E-state index contributed by atoms with van der Waals surface area (Å²) in [6, 6.07) is 6.69. The molecule has 1 aromatic rings. The smallest absolute Gasteiger partial charge is 0.242 e. The minimum atomic E-state index is -1.10. The van der Waals surface area contributed by atoms with E-state index in [0.29, 0.717) is 25.8 Å². The zero-order valence-electron chi connectivity index (χ0n) is 37.4. The van der Waals surface area contributed by atoms with Gasteiger partial charge in [-0.05, 0) is 57.7 Å². The van der Waals surface area contributed by atoms with Gasteiger partial charge in [0.25, 0.3) is 0 Å². The molecule has 0 spiro atoms. The summed E-state index contributed by atoms with van der Waals surface area (Å²) in [5.74, 6) is -2.17. The fourth-order valence-electron chi connectivity index (χ4n) is 7.98. The van der Waals surface area contributed by atoms with Crippen molar-refractivity contribution >= 4 is 29.5 Å². The first kappa shape index (κ1) is 51.5. The van der Waals surface area contributed by atoms with Crippen LogP contribution in [0.5, 0.6) is 0 Å². The van der Waals surface area contributed by atoms with E-state index in [1.54, 1.807) is 30.7 Å². The number of benzene rings is 1. The van der Waals surface area contributed by atoms with Gasteiger partial charge < -0.3 is 50.8 Å². The monoisotopic (exact) mass is 834 g/mol. The second-order valence-corrected chi connectivity index (χ2v) is 16.5. The first-order valence-corrected chi connectivity index (χ1v) is 21.1. The van der Waals surface area contributed by atoms with Crippen LogP contribution in [-0.2, 0) is 44.6 Å². The normalized spacial score (nSPS) is 18.9. The van der Waals surface area contributed by atoms with Gasteiger partial charge in [0.2, 0.25) is 29.5 Å². The second-order valence-electron chi connectivity index (χ2n) is 16.5. The van der Waals surface area contributed by atoms with Crippen molar-refractivity contribution in [3.8, 4) is 0 Å². The molecule has 2 unspecified atom stereocenters. The molecule has 1 fully saturated rings. The lowest BCUT2D eigenvalue weighted by Gasteiger charge is -2.39. The van der Waals surface area contributed by atoms with E-state index in [-0.39, 0.29) is 80.0 Å². The number of nitrogens with zero attached hydrogens (tertiary/aromatic N) is 3. The van der Waals surface area contributed by atoms with Gasteiger partial charge in [0.15, 0.2) is 6.29 Å². The number of aliphatic hydroxyl groups excluding tert-OH is 1. The van der Waals surface area contributed by atoms with E-state index in [0.717, 1.165) is 12.0 Å². The van der Waals surface area contributed by atoms with Gasteiger partial charge >= 0.3 is 0 Å². The van der Waals surface area contributed by atoms with E-state index in [1.165, 1.54) is 14.2 Å². The average Bonchev–Trinajstić information content (AvgIpc) is 3.68. The van der Waals surface area contributed by atoms with Gasteiger partial charge in [0, 0.05) is 40.8 Å². The number of amides is 5. The van der Waals surface area contributed by atoms with Crippen LogP contribution >= 0.6 is 0 Å². The number of methoxy groups -OCH3 is 2. The quantitative estimate of drug-likeness (QED) is 0.0669. The van der Waals surface area contributed by atoms with Crippen LogP contribution in [0.2, 0.25) is 0 Å². The number of carbonyl (C=O) groups is 5. The van der Waals surface area contributed by atoms with E-state index in [4.69, 9.17) is 19.9 Å². The lowest BCUT2D eigenvalue weighted by Crippen LogP contribution is -2.55. The summed E-state index contributed by atoms with van der Waals surface area (Å²) in [5, 5.41) is 18.4. The molecule has 5 amide bonds. The van der Waals surface area contributed by atoms with E-state index >= 15 is 0 Å². The molecular weight excluding hydrogens is 759 g/mol. The topological polar surface area (TPSA) is 205 Å². The Kier molecular flexibility index (Phi) is 22.5. The third-order valence-electron chi connectivity index (χ3n) is 11.4. The summed E-state index contributed by atoms with van der Waals surface area (Å²) in [6.07, 6.45) is 0.304. The number of carbonyl (C=O) groups excluding carboxylic acids is 5. The maximum absolute atomic E-state index is 14.2. The molecule has 0 aromatic heterocycles. The molecule has 1 heterocycles. The Bertz CT molecular complexity index is 1440. The highest BCUT2D eigenvalue weighted by molar-refractivity contribution is 5.89. The van der Waals surface area contributed by atoms with Gasteiger partial charge in [0.05, 0.1) is 61.9 Å². The molecule has 16 heteroatoms. The van der Waals surface area contributed by atoms with Crippen molar-refractivity contribution in [1.29, 1.82) is 0 Å². The fourth-order valence-corrected chi connectivity index (χ4v) is 7.98. The summed E-state index contributed by atoms with van der Waals surface area (Å²) in [5.41, 5.74) is 6.50. The predicted molar refractivity (Wildman–Crippen MR) is 227 cm³/mol. The van der Waals surface area contributed by atoms with Gasteiger partial charge in [-0.25, -0.2) is 0 Å². The largest absolute Gasteiger partial charge is 0.379 e. The Labute approximate surface area is 352 Å². The Morgan fingerprint density at radius 2 is 1.61 bits per heavy atom. The summed E-state index contributed by atoms with van der Waals surface area (Å²) < 4.78 is 17.2. The SMILES string of the molecule is CC[C@H](C)[C@@H]([C@@H](CC(=O)N1CCC[C@H]1[C@H](OC)[C@@H](C)C(=O)NC(Cc1ccccc1)C(=O)NCCCOC(O)[C@H](C)N)OC)N(C)C(=O)CNC(=O)[C@H](C(C)C)N(C)C. The molecule has 2 rings (SSSR count). The lowest BCUT2D eigenvalue weighted by atomic mass is 9.90. The summed E-state index contributed by atoms with van der Waals surface area (Å²) in [4.78, 5) is 73.3. The minimum absolute atomic E-state index is 0.00633. The van der Waals surface area contributed by atoms with Crippen molar-refractivity contribution in [3.63, 3.8) is 0 Å². The molecule has 0 saturated carbocycles. The van der Waals surface area contributed by atoms with Crippen LogP contribution in [0.4, 0.5) is 0 Å². The van der Waals surface area contributed by atoms with Crippen molar-refractivity contribution in [2.24, 2.45) is 23.5 Å². The van der Waals surface area contributed by atoms with Crippen LogP contribution in [0.1, 0.15) is 79.2 Å². The number of nitrogens with one attached hydrogen (secondary N) is 3. The van der Waals surface area contributed by atoms with Crippen molar-refractivity contribution < 1.29 is 43.3 Å². The van der Waals surface area contributed by atoms with Gasteiger partial charge in [-0.2, -0.15) is 0 Å². The molecule has 1 aromatic carbocycles. The van der Waals surface area contributed by atoms with Crippen molar-refractivity contribution in [1.82, 2.24) is 30.7 Å². The number of rotatable bonds is 26. The molecule has 1 saturated heterocycles. The number of likely N-dealkylation sites (N-methyl/N-ethyl adjacent to an activating group) is 2. The molecule has 0 radical (unpaired) electrons. The average molecular weight is 834 g/mol. The lowest BCUT2D eigenvalue weighted by molar-refractivity contribution is -0.146. The van der Waals surface area contributed by atoms with Crippen LogP contribution in [-0.4, -0.2) is 160 Å². The number of likely N-dealkylation sites (tertiary alicyclic amines) is 1. The van der Waals surface area contributed by atoms with E-state index in [2.05, 4.69) is 16.0 Å². The number of nitrogens with two attached hydrogens (primary N) is 1. The van der Waals surface area contributed by atoms with Crippen LogP contribution in [0.25, 0.3) is 0 Å². The zero-order valence-corrected chi connectivity index (χ0v) is 37.4. The maximum atomic E-state index is 14.2. The Morgan fingerprint density at radius 1 is 0.949 bits per heavy atom. The third kappa shape index (κ3) is 15.7. The highest BCUT2D eigenvalue weighted by Crippen LogP contribution is 2.29. The molecule has 6 N–H and O–H groups in total. The molecule has 59 heavy (non-hydrogen) atoms. The second kappa shape index (κ2) is 25.8. The van der Waals surface area contributed by atoms with E-state index < -0.39 is 48.6 Å². The summed E-state index contributed by atoms with van der Waals surface area (Å²) in [7, 11) is 8.40.